The van der Waals surface area contributed by atoms with Crippen molar-refractivity contribution in [1.82, 2.24) is 15.5 Å². The summed E-state index contributed by atoms with van der Waals surface area (Å²) in [4.78, 5) is 24.9. The molecule has 0 heterocycles. The Labute approximate surface area is 110 Å². The summed E-state index contributed by atoms with van der Waals surface area (Å²) in [5.74, 6) is -0.0527. The lowest BCUT2D eigenvalue weighted by Gasteiger charge is -2.21. The van der Waals surface area contributed by atoms with E-state index in [1.54, 1.807) is 11.9 Å². The maximum Gasteiger partial charge on any atom is 0.239 e. The SMILES string of the molecule is CCCN(CC(=O)NC)C(=O)CCCNC(C)C. The predicted octanol–water partition coefficient (Wildman–Crippen LogP) is 0.749. The van der Waals surface area contributed by atoms with Gasteiger partial charge in [-0.05, 0) is 19.4 Å². The van der Waals surface area contributed by atoms with Crippen molar-refractivity contribution in [2.45, 2.75) is 46.1 Å². The van der Waals surface area contributed by atoms with Gasteiger partial charge in [0.25, 0.3) is 0 Å². The number of carbonyl (C=O) groups excluding carboxylic acids is 2. The first kappa shape index (κ1) is 16.9. The van der Waals surface area contributed by atoms with Crippen molar-refractivity contribution in [1.29, 1.82) is 0 Å². The molecule has 2 N–H and O–H groups in total. The molecule has 0 saturated carbocycles. The number of amides is 2. The summed E-state index contributed by atoms with van der Waals surface area (Å²) in [5.41, 5.74) is 0. The lowest BCUT2D eigenvalue weighted by Crippen LogP contribution is -2.40. The highest BCUT2D eigenvalue weighted by atomic mass is 16.2. The molecule has 18 heavy (non-hydrogen) atoms. The number of hydrogen-bond donors (Lipinski definition) is 2. The van der Waals surface area contributed by atoms with Crippen LogP contribution in [0.1, 0.15) is 40.0 Å². The molecular weight excluding hydrogens is 230 g/mol. The molecule has 0 aliphatic carbocycles. The number of hydrogen-bond acceptors (Lipinski definition) is 3. The van der Waals surface area contributed by atoms with Crippen molar-refractivity contribution < 1.29 is 9.59 Å². The van der Waals surface area contributed by atoms with E-state index >= 15 is 0 Å². The van der Waals surface area contributed by atoms with Crippen LogP contribution in [0, 0.1) is 0 Å². The van der Waals surface area contributed by atoms with E-state index in [-0.39, 0.29) is 18.4 Å². The third-order valence-electron chi connectivity index (χ3n) is 2.58. The van der Waals surface area contributed by atoms with Gasteiger partial charge < -0.3 is 15.5 Å². The van der Waals surface area contributed by atoms with Gasteiger partial charge >= 0.3 is 0 Å². The van der Waals surface area contributed by atoms with Crippen LogP contribution in [0.4, 0.5) is 0 Å². The fraction of sp³-hybridized carbons (Fsp3) is 0.846. The molecule has 0 unspecified atom stereocenters. The highest BCUT2D eigenvalue weighted by molar-refractivity contribution is 5.84. The molecule has 0 radical (unpaired) electrons. The minimum Gasteiger partial charge on any atom is -0.358 e. The number of likely N-dealkylation sites (N-methyl/N-ethyl adjacent to an activating group) is 1. The van der Waals surface area contributed by atoms with E-state index in [4.69, 9.17) is 0 Å². The average molecular weight is 257 g/mol. The van der Waals surface area contributed by atoms with E-state index in [0.29, 0.717) is 19.0 Å². The van der Waals surface area contributed by atoms with Crippen LogP contribution in [0.25, 0.3) is 0 Å². The lowest BCUT2D eigenvalue weighted by atomic mass is 10.2. The van der Waals surface area contributed by atoms with Crippen LogP contribution >= 0.6 is 0 Å². The summed E-state index contributed by atoms with van der Waals surface area (Å²) in [7, 11) is 1.59. The van der Waals surface area contributed by atoms with E-state index in [1.807, 2.05) is 6.92 Å². The fourth-order valence-corrected chi connectivity index (χ4v) is 1.60. The molecule has 0 aromatic rings. The van der Waals surface area contributed by atoms with Crippen LogP contribution in [-0.4, -0.2) is 49.4 Å². The lowest BCUT2D eigenvalue weighted by molar-refractivity contribution is -0.136. The largest absolute Gasteiger partial charge is 0.358 e. The number of rotatable bonds is 9. The first-order valence-corrected chi connectivity index (χ1v) is 6.73. The molecule has 0 bridgehead atoms. The maximum atomic E-state index is 11.9. The predicted molar refractivity (Wildman–Crippen MR) is 73.3 cm³/mol. The Balaban J connectivity index is 4.01. The number of carbonyl (C=O) groups is 2. The van der Waals surface area contributed by atoms with Crippen LogP contribution in [0.5, 0.6) is 0 Å². The van der Waals surface area contributed by atoms with Crippen LogP contribution in [0.15, 0.2) is 0 Å². The Bertz CT molecular complexity index is 255. The standard InChI is InChI=1S/C13H27N3O2/c1-5-9-16(10-12(17)14-4)13(18)7-6-8-15-11(2)3/h11,15H,5-10H2,1-4H3,(H,14,17). The van der Waals surface area contributed by atoms with E-state index in [0.717, 1.165) is 19.4 Å². The molecule has 2 amide bonds. The second-order valence-corrected chi connectivity index (χ2v) is 4.70. The topological polar surface area (TPSA) is 61.4 Å². The van der Waals surface area contributed by atoms with Crippen molar-refractivity contribution in [2.24, 2.45) is 0 Å². The third kappa shape index (κ3) is 8.06. The summed E-state index contributed by atoms with van der Waals surface area (Å²) < 4.78 is 0. The average Bonchev–Trinajstić information content (AvgIpc) is 2.33. The van der Waals surface area contributed by atoms with Crippen molar-refractivity contribution in [3.63, 3.8) is 0 Å². The molecule has 0 spiro atoms. The maximum absolute atomic E-state index is 11.9. The summed E-state index contributed by atoms with van der Waals surface area (Å²) in [6.45, 7) is 7.81. The Morgan fingerprint density at radius 3 is 2.44 bits per heavy atom. The van der Waals surface area contributed by atoms with Gasteiger partial charge in [0, 0.05) is 26.1 Å². The van der Waals surface area contributed by atoms with Crippen molar-refractivity contribution >= 4 is 11.8 Å². The van der Waals surface area contributed by atoms with Gasteiger partial charge in [-0.15, -0.1) is 0 Å². The Kier molecular flexibility index (Phi) is 9.28. The molecule has 0 aromatic carbocycles. The van der Waals surface area contributed by atoms with Crippen molar-refractivity contribution in [3.8, 4) is 0 Å². The van der Waals surface area contributed by atoms with Crippen molar-refractivity contribution in [3.05, 3.63) is 0 Å². The summed E-state index contributed by atoms with van der Waals surface area (Å²) in [6.07, 6.45) is 2.18. The molecule has 0 atom stereocenters. The van der Waals surface area contributed by atoms with Gasteiger partial charge in [-0.25, -0.2) is 0 Å². The highest BCUT2D eigenvalue weighted by Gasteiger charge is 2.15. The smallest absolute Gasteiger partial charge is 0.239 e. The summed E-state index contributed by atoms with van der Waals surface area (Å²) in [6, 6.07) is 0.442. The van der Waals surface area contributed by atoms with Crippen molar-refractivity contribution in [2.75, 3.05) is 26.7 Å². The Hall–Kier alpha value is -1.10. The molecule has 0 rings (SSSR count). The Morgan fingerprint density at radius 2 is 1.94 bits per heavy atom. The Morgan fingerprint density at radius 1 is 1.28 bits per heavy atom. The van der Waals surface area contributed by atoms with Gasteiger partial charge in [0.2, 0.25) is 11.8 Å². The number of nitrogens with zero attached hydrogens (tertiary/aromatic N) is 1. The zero-order chi connectivity index (χ0) is 14.0. The molecule has 0 fully saturated rings. The fourth-order valence-electron chi connectivity index (χ4n) is 1.60. The zero-order valence-corrected chi connectivity index (χ0v) is 12.1. The van der Waals surface area contributed by atoms with Gasteiger partial charge in [0.1, 0.15) is 0 Å². The van der Waals surface area contributed by atoms with Crippen LogP contribution in [-0.2, 0) is 9.59 Å². The van der Waals surface area contributed by atoms with E-state index in [1.165, 1.54) is 0 Å². The van der Waals surface area contributed by atoms with E-state index in [2.05, 4.69) is 24.5 Å². The molecule has 0 aliphatic rings. The second kappa shape index (κ2) is 9.88. The van der Waals surface area contributed by atoms with E-state index < -0.39 is 0 Å². The van der Waals surface area contributed by atoms with Crippen LogP contribution in [0.2, 0.25) is 0 Å². The number of nitrogens with one attached hydrogen (secondary N) is 2. The van der Waals surface area contributed by atoms with Gasteiger partial charge in [-0.2, -0.15) is 0 Å². The van der Waals surface area contributed by atoms with Gasteiger partial charge in [-0.1, -0.05) is 20.8 Å². The molecule has 5 heteroatoms. The first-order valence-electron chi connectivity index (χ1n) is 6.73. The third-order valence-corrected chi connectivity index (χ3v) is 2.58. The minimum absolute atomic E-state index is 0.0611. The van der Waals surface area contributed by atoms with Gasteiger partial charge in [0.05, 0.1) is 6.54 Å². The molecule has 5 nitrogen and oxygen atoms in total. The van der Waals surface area contributed by atoms with E-state index in [9.17, 15) is 9.59 Å². The molecule has 0 saturated heterocycles. The van der Waals surface area contributed by atoms with Crippen LogP contribution < -0.4 is 10.6 Å². The summed E-state index contributed by atoms with van der Waals surface area (Å²) >= 11 is 0. The molecule has 106 valence electrons. The minimum atomic E-state index is -0.114. The van der Waals surface area contributed by atoms with Gasteiger partial charge in [-0.3, -0.25) is 9.59 Å². The van der Waals surface area contributed by atoms with Gasteiger partial charge in [0.15, 0.2) is 0 Å². The normalized spacial score (nSPS) is 10.5. The van der Waals surface area contributed by atoms with Crippen LogP contribution in [0.3, 0.4) is 0 Å². The quantitative estimate of drug-likeness (QED) is 0.599. The highest BCUT2D eigenvalue weighted by Crippen LogP contribution is 1.99. The summed E-state index contributed by atoms with van der Waals surface area (Å²) in [5, 5.41) is 5.82. The molecular formula is C13H27N3O2. The zero-order valence-electron chi connectivity index (χ0n) is 12.1. The molecule has 0 aliphatic heterocycles. The molecule has 0 aromatic heterocycles. The first-order chi connectivity index (χ1) is 8.51. The second-order valence-electron chi connectivity index (χ2n) is 4.70. The monoisotopic (exact) mass is 257 g/mol.